The second kappa shape index (κ2) is 6.89. The number of carbonyl (C=O) groups is 1. The largest absolute Gasteiger partial charge is 0.355 e. The van der Waals surface area contributed by atoms with Crippen molar-refractivity contribution in [2.45, 2.75) is 6.42 Å². The second-order valence-electron chi connectivity index (χ2n) is 1.88. The van der Waals surface area contributed by atoms with Crippen molar-refractivity contribution in [1.29, 1.82) is 0 Å². The normalized spacial score (nSPS) is 9.40. The molecule has 0 atom stereocenters. The summed E-state index contributed by atoms with van der Waals surface area (Å²) in [5.74, 6) is 0.982. The molecule has 60 valence electrons. The van der Waals surface area contributed by atoms with Crippen LogP contribution < -0.4 is 11.1 Å². The molecule has 0 spiro atoms. The number of nitrogens with two attached hydrogens (primary N) is 1. The number of nitrogens with one attached hydrogen (secondary N) is 1. The van der Waals surface area contributed by atoms with Gasteiger partial charge in [0.15, 0.2) is 0 Å². The summed E-state index contributed by atoms with van der Waals surface area (Å²) in [7, 11) is 0. The molecule has 0 heterocycles. The zero-order valence-electron chi connectivity index (χ0n) is 6.22. The highest BCUT2D eigenvalue weighted by atomic mass is 32.2. The van der Waals surface area contributed by atoms with E-state index < -0.39 is 0 Å². The number of carbonyl (C=O) groups excluding carboxylic acids is 1. The van der Waals surface area contributed by atoms with E-state index in [4.69, 9.17) is 5.73 Å². The fourth-order valence-corrected chi connectivity index (χ4v) is 0.884. The van der Waals surface area contributed by atoms with Gasteiger partial charge >= 0.3 is 0 Å². The molecule has 0 unspecified atom stereocenters. The van der Waals surface area contributed by atoms with Gasteiger partial charge in [-0.2, -0.15) is 11.8 Å². The number of hydrogen-bond acceptors (Lipinski definition) is 3. The molecule has 1 amide bonds. The van der Waals surface area contributed by atoms with Crippen molar-refractivity contribution < 1.29 is 4.79 Å². The maximum absolute atomic E-state index is 10.8. The summed E-state index contributed by atoms with van der Waals surface area (Å²) in [6.07, 6.45) is 2.58. The van der Waals surface area contributed by atoms with Gasteiger partial charge in [0, 0.05) is 25.3 Å². The van der Waals surface area contributed by atoms with Gasteiger partial charge in [0.2, 0.25) is 5.91 Å². The maximum atomic E-state index is 10.8. The Bertz CT molecular complexity index is 87.7. The minimum atomic E-state index is 0.0970. The van der Waals surface area contributed by atoms with Crippen LogP contribution in [-0.2, 0) is 4.79 Å². The molecule has 3 N–H and O–H groups in total. The Hall–Kier alpha value is -0.220. The Labute approximate surface area is 65.7 Å². The van der Waals surface area contributed by atoms with Gasteiger partial charge in [-0.25, -0.2) is 0 Å². The molecule has 0 radical (unpaired) electrons. The number of rotatable bonds is 5. The van der Waals surface area contributed by atoms with E-state index in [1.165, 1.54) is 0 Å². The molecule has 0 rings (SSSR count). The summed E-state index contributed by atoms with van der Waals surface area (Å²) in [5, 5.41) is 2.69. The van der Waals surface area contributed by atoms with Gasteiger partial charge in [0.25, 0.3) is 0 Å². The minimum absolute atomic E-state index is 0.0970. The van der Waals surface area contributed by atoms with E-state index in [0.717, 1.165) is 5.75 Å². The molecule has 0 bridgehead atoms. The van der Waals surface area contributed by atoms with Gasteiger partial charge in [-0.3, -0.25) is 4.79 Å². The standard InChI is InChI=1S/C6H14N2OS/c1-10-5-2-6(9)8-4-3-7/h2-5,7H2,1H3,(H,8,9). The lowest BCUT2D eigenvalue weighted by molar-refractivity contribution is -0.120. The summed E-state index contributed by atoms with van der Waals surface area (Å²) in [6, 6.07) is 0. The fourth-order valence-electron chi connectivity index (χ4n) is 0.495. The number of amides is 1. The summed E-state index contributed by atoms with van der Waals surface area (Å²) >= 11 is 1.67. The first-order valence-electron chi connectivity index (χ1n) is 3.27. The predicted octanol–water partition coefficient (Wildman–Crippen LogP) is -0.186. The SMILES string of the molecule is CSCCC(=O)NCCN. The highest BCUT2D eigenvalue weighted by Gasteiger charge is 1.96. The quantitative estimate of drug-likeness (QED) is 0.589. The van der Waals surface area contributed by atoms with E-state index in [-0.39, 0.29) is 5.91 Å². The van der Waals surface area contributed by atoms with Crippen molar-refractivity contribution in [3.63, 3.8) is 0 Å². The van der Waals surface area contributed by atoms with E-state index >= 15 is 0 Å². The van der Waals surface area contributed by atoms with Crippen LogP contribution in [0.2, 0.25) is 0 Å². The molecular formula is C6H14N2OS. The number of hydrogen-bond donors (Lipinski definition) is 2. The Kier molecular flexibility index (Phi) is 6.74. The fraction of sp³-hybridized carbons (Fsp3) is 0.833. The van der Waals surface area contributed by atoms with Gasteiger partial charge in [0.1, 0.15) is 0 Å². The third kappa shape index (κ3) is 5.91. The van der Waals surface area contributed by atoms with Crippen molar-refractivity contribution in [2.24, 2.45) is 5.73 Å². The topological polar surface area (TPSA) is 55.1 Å². The molecule has 0 aromatic carbocycles. The molecule has 10 heavy (non-hydrogen) atoms. The minimum Gasteiger partial charge on any atom is -0.355 e. The molecule has 4 heteroatoms. The summed E-state index contributed by atoms with van der Waals surface area (Å²) in [6.45, 7) is 1.11. The van der Waals surface area contributed by atoms with E-state index in [1.54, 1.807) is 11.8 Å². The summed E-state index contributed by atoms with van der Waals surface area (Å²) in [4.78, 5) is 10.8. The lowest BCUT2D eigenvalue weighted by atomic mass is 10.4. The number of thioether (sulfide) groups is 1. The third-order valence-electron chi connectivity index (χ3n) is 1.000. The van der Waals surface area contributed by atoms with Crippen molar-refractivity contribution in [3.8, 4) is 0 Å². The molecule has 0 aliphatic carbocycles. The van der Waals surface area contributed by atoms with Gasteiger partial charge in [0.05, 0.1) is 0 Å². The molecule has 0 saturated carbocycles. The van der Waals surface area contributed by atoms with Crippen molar-refractivity contribution >= 4 is 17.7 Å². The second-order valence-corrected chi connectivity index (χ2v) is 2.87. The Morgan fingerprint density at radius 2 is 2.40 bits per heavy atom. The van der Waals surface area contributed by atoms with Crippen LogP contribution in [0.15, 0.2) is 0 Å². The Morgan fingerprint density at radius 3 is 2.90 bits per heavy atom. The average molecular weight is 162 g/mol. The zero-order valence-corrected chi connectivity index (χ0v) is 7.04. The van der Waals surface area contributed by atoms with Crippen LogP contribution in [0.3, 0.4) is 0 Å². The monoisotopic (exact) mass is 162 g/mol. The van der Waals surface area contributed by atoms with Crippen LogP contribution in [0, 0.1) is 0 Å². The van der Waals surface area contributed by atoms with Gasteiger partial charge in [-0.05, 0) is 6.26 Å². The van der Waals surface area contributed by atoms with Crippen LogP contribution in [0.1, 0.15) is 6.42 Å². The lowest BCUT2D eigenvalue weighted by Gasteiger charge is -2.00. The van der Waals surface area contributed by atoms with Crippen LogP contribution in [0.4, 0.5) is 0 Å². The van der Waals surface area contributed by atoms with Crippen LogP contribution in [0.5, 0.6) is 0 Å². The first-order valence-corrected chi connectivity index (χ1v) is 4.66. The zero-order chi connectivity index (χ0) is 7.82. The molecule has 0 saturated heterocycles. The summed E-state index contributed by atoms with van der Waals surface area (Å²) in [5.41, 5.74) is 5.19. The van der Waals surface area contributed by atoms with E-state index in [2.05, 4.69) is 5.32 Å². The molecule has 0 aliphatic rings. The van der Waals surface area contributed by atoms with E-state index in [0.29, 0.717) is 19.5 Å². The molecule has 0 aromatic heterocycles. The summed E-state index contributed by atoms with van der Waals surface area (Å²) < 4.78 is 0. The highest BCUT2D eigenvalue weighted by molar-refractivity contribution is 7.98. The third-order valence-corrected chi connectivity index (χ3v) is 1.61. The molecule has 3 nitrogen and oxygen atoms in total. The van der Waals surface area contributed by atoms with Gasteiger partial charge < -0.3 is 11.1 Å². The Morgan fingerprint density at radius 1 is 1.70 bits per heavy atom. The Balaban J connectivity index is 3.09. The van der Waals surface area contributed by atoms with Crippen LogP contribution in [-0.4, -0.2) is 31.0 Å². The molecule has 0 aliphatic heterocycles. The van der Waals surface area contributed by atoms with Gasteiger partial charge in [-0.1, -0.05) is 0 Å². The van der Waals surface area contributed by atoms with E-state index in [9.17, 15) is 4.79 Å². The molecule has 0 aromatic rings. The maximum Gasteiger partial charge on any atom is 0.220 e. The van der Waals surface area contributed by atoms with Crippen molar-refractivity contribution in [1.82, 2.24) is 5.32 Å². The van der Waals surface area contributed by atoms with E-state index in [1.807, 2.05) is 6.26 Å². The predicted molar refractivity (Wildman–Crippen MR) is 45.1 cm³/mol. The lowest BCUT2D eigenvalue weighted by Crippen LogP contribution is -2.29. The van der Waals surface area contributed by atoms with Crippen molar-refractivity contribution in [2.75, 3.05) is 25.1 Å². The molecule has 0 fully saturated rings. The smallest absolute Gasteiger partial charge is 0.220 e. The van der Waals surface area contributed by atoms with Crippen molar-refractivity contribution in [3.05, 3.63) is 0 Å². The first-order chi connectivity index (χ1) is 4.81. The van der Waals surface area contributed by atoms with Gasteiger partial charge in [-0.15, -0.1) is 0 Å². The highest BCUT2D eigenvalue weighted by Crippen LogP contribution is 1.93. The molecular weight excluding hydrogens is 148 g/mol. The first kappa shape index (κ1) is 9.78. The average Bonchev–Trinajstić information content (AvgIpc) is 1.97. The van der Waals surface area contributed by atoms with Crippen LogP contribution in [0.25, 0.3) is 0 Å². The van der Waals surface area contributed by atoms with Crippen LogP contribution >= 0.6 is 11.8 Å².